The lowest BCUT2D eigenvalue weighted by atomic mass is 10.1. The van der Waals surface area contributed by atoms with Crippen molar-refractivity contribution in [2.45, 2.75) is 4.21 Å². The Labute approximate surface area is 124 Å². The predicted molar refractivity (Wildman–Crippen MR) is 77.6 cm³/mol. The van der Waals surface area contributed by atoms with Crippen molar-refractivity contribution in [3.8, 4) is 17.2 Å². The first-order valence-electron chi connectivity index (χ1n) is 5.01. The summed E-state index contributed by atoms with van der Waals surface area (Å²) in [6, 6.07) is 6.79. The summed E-state index contributed by atoms with van der Waals surface area (Å²) in [6.07, 6.45) is 1.08. The van der Waals surface area contributed by atoms with E-state index in [0.717, 1.165) is 17.6 Å². The van der Waals surface area contributed by atoms with Gasteiger partial charge < -0.3 is 0 Å². The number of hydrogen-bond donors (Lipinski definition) is 0. The molecule has 1 heterocycles. The van der Waals surface area contributed by atoms with Crippen molar-refractivity contribution in [2.24, 2.45) is 0 Å². The molecule has 98 valence electrons. The van der Waals surface area contributed by atoms with E-state index in [2.05, 4.69) is 0 Å². The number of halogens is 2. The summed E-state index contributed by atoms with van der Waals surface area (Å²) in [5.74, 6) is 0. The van der Waals surface area contributed by atoms with Crippen LogP contribution in [0.5, 0.6) is 0 Å². The molecule has 0 saturated carbocycles. The highest BCUT2D eigenvalue weighted by molar-refractivity contribution is 7.92. The Bertz CT molecular complexity index is 789. The third-order valence-corrected chi connectivity index (χ3v) is 5.82. The highest BCUT2D eigenvalue weighted by atomic mass is 35.5. The smallest absolute Gasteiger partial charge is 0.186 e. The number of sulfone groups is 1. The van der Waals surface area contributed by atoms with E-state index in [1.54, 1.807) is 23.6 Å². The van der Waals surface area contributed by atoms with Gasteiger partial charge in [-0.3, -0.25) is 0 Å². The van der Waals surface area contributed by atoms with Gasteiger partial charge in [0.15, 0.2) is 9.84 Å². The largest absolute Gasteiger partial charge is 0.223 e. The van der Waals surface area contributed by atoms with Crippen molar-refractivity contribution in [3.05, 3.63) is 39.2 Å². The quantitative estimate of drug-likeness (QED) is 0.835. The van der Waals surface area contributed by atoms with Gasteiger partial charge >= 0.3 is 0 Å². The van der Waals surface area contributed by atoms with Gasteiger partial charge in [0.05, 0.1) is 5.56 Å². The van der Waals surface area contributed by atoms with Crippen LogP contribution in [0.25, 0.3) is 11.1 Å². The van der Waals surface area contributed by atoms with Gasteiger partial charge in [0.2, 0.25) is 0 Å². The lowest BCUT2D eigenvalue weighted by Crippen LogP contribution is -1.96. The lowest BCUT2D eigenvalue weighted by molar-refractivity contribution is 0.603. The molecule has 19 heavy (non-hydrogen) atoms. The first-order valence-corrected chi connectivity index (χ1v) is 8.54. The van der Waals surface area contributed by atoms with Gasteiger partial charge in [-0.15, -0.1) is 11.3 Å². The number of nitriles is 1. The van der Waals surface area contributed by atoms with Crippen LogP contribution in [0.1, 0.15) is 5.56 Å². The zero-order valence-corrected chi connectivity index (χ0v) is 12.8. The standard InChI is InChI=1S/C12H7Cl2NO2S2/c1-19(16,17)12-9(5-15)10(6-18-12)8-3-2-7(13)4-11(8)14/h2-4,6H,1H3. The average molecular weight is 332 g/mol. The second-order valence-electron chi connectivity index (χ2n) is 3.82. The van der Waals surface area contributed by atoms with E-state index in [0.29, 0.717) is 21.2 Å². The molecule has 0 unspecified atom stereocenters. The molecule has 0 aliphatic rings. The third-order valence-electron chi connectivity index (χ3n) is 2.43. The Hall–Kier alpha value is -1.06. The van der Waals surface area contributed by atoms with E-state index in [1.807, 2.05) is 6.07 Å². The Balaban J connectivity index is 2.72. The minimum Gasteiger partial charge on any atom is -0.223 e. The van der Waals surface area contributed by atoms with Crippen molar-refractivity contribution in [2.75, 3.05) is 6.26 Å². The molecule has 0 bridgehead atoms. The Kier molecular flexibility index (Phi) is 3.88. The Morgan fingerprint density at radius 1 is 1.26 bits per heavy atom. The SMILES string of the molecule is CS(=O)(=O)c1scc(-c2ccc(Cl)cc2Cl)c1C#N. The van der Waals surface area contributed by atoms with Crippen molar-refractivity contribution in [1.82, 2.24) is 0 Å². The molecular weight excluding hydrogens is 325 g/mol. The van der Waals surface area contributed by atoms with Crippen LogP contribution in [0, 0.1) is 11.3 Å². The maximum absolute atomic E-state index is 11.6. The molecule has 0 spiro atoms. The zero-order valence-electron chi connectivity index (χ0n) is 9.65. The summed E-state index contributed by atoms with van der Waals surface area (Å²) in [7, 11) is -3.43. The molecule has 1 aromatic carbocycles. The summed E-state index contributed by atoms with van der Waals surface area (Å²) in [6.45, 7) is 0. The minimum atomic E-state index is -3.43. The van der Waals surface area contributed by atoms with E-state index < -0.39 is 9.84 Å². The van der Waals surface area contributed by atoms with E-state index in [-0.39, 0.29) is 9.77 Å². The normalized spacial score (nSPS) is 11.3. The fourth-order valence-corrected chi connectivity index (χ4v) is 4.25. The molecular formula is C12H7Cl2NO2S2. The second-order valence-corrected chi connectivity index (χ2v) is 7.75. The number of hydrogen-bond acceptors (Lipinski definition) is 4. The van der Waals surface area contributed by atoms with E-state index >= 15 is 0 Å². The third kappa shape index (κ3) is 2.77. The summed E-state index contributed by atoms with van der Waals surface area (Å²) < 4.78 is 23.3. The number of thiophene rings is 1. The molecule has 3 nitrogen and oxygen atoms in total. The lowest BCUT2D eigenvalue weighted by Gasteiger charge is -2.03. The van der Waals surface area contributed by atoms with Crippen molar-refractivity contribution >= 4 is 44.4 Å². The first-order chi connectivity index (χ1) is 8.84. The number of rotatable bonds is 2. The summed E-state index contributed by atoms with van der Waals surface area (Å²) in [4.78, 5) is 0. The maximum Gasteiger partial charge on any atom is 0.186 e. The van der Waals surface area contributed by atoms with Crippen LogP contribution in [-0.2, 0) is 9.84 Å². The molecule has 0 atom stereocenters. The molecule has 0 amide bonds. The molecule has 0 fully saturated rings. The van der Waals surface area contributed by atoms with Gasteiger partial charge in [-0.1, -0.05) is 29.3 Å². The fourth-order valence-electron chi connectivity index (χ4n) is 1.62. The topological polar surface area (TPSA) is 57.9 Å². The van der Waals surface area contributed by atoms with Crippen LogP contribution in [0.4, 0.5) is 0 Å². The highest BCUT2D eigenvalue weighted by Gasteiger charge is 2.21. The van der Waals surface area contributed by atoms with Crippen molar-refractivity contribution in [3.63, 3.8) is 0 Å². The van der Waals surface area contributed by atoms with E-state index in [9.17, 15) is 13.7 Å². The van der Waals surface area contributed by atoms with Gasteiger partial charge in [0.1, 0.15) is 10.3 Å². The van der Waals surface area contributed by atoms with Gasteiger partial charge in [0, 0.05) is 32.8 Å². The van der Waals surface area contributed by atoms with Crippen LogP contribution in [-0.4, -0.2) is 14.7 Å². The van der Waals surface area contributed by atoms with Gasteiger partial charge in [-0.25, -0.2) is 8.42 Å². The Morgan fingerprint density at radius 3 is 2.47 bits per heavy atom. The van der Waals surface area contributed by atoms with Crippen LogP contribution in [0.15, 0.2) is 27.8 Å². The molecule has 1 aromatic heterocycles. The predicted octanol–water partition coefficient (Wildman–Crippen LogP) is 4.00. The van der Waals surface area contributed by atoms with Crippen LogP contribution >= 0.6 is 34.5 Å². The molecule has 0 saturated heterocycles. The van der Waals surface area contributed by atoms with Gasteiger partial charge in [0.25, 0.3) is 0 Å². The molecule has 0 aliphatic carbocycles. The number of benzene rings is 1. The summed E-state index contributed by atoms with van der Waals surface area (Å²) >= 11 is 12.9. The maximum atomic E-state index is 11.6. The second kappa shape index (κ2) is 5.14. The van der Waals surface area contributed by atoms with Crippen LogP contribution in [0.2, 0.25) is 10.0 Å². The molecule has 2 rings (SSSR count). The van der Waals surface area contributed by atoms with Crippen LogP contribution < -0.4 is 0 Å². The monoisotopic (exact) mass is 331 g/mol. The van der Waals surface area contributed by atoms with Crippen LogP contribution in [0.3, 0.4) is 0 Å². The molecule has 0 radical (unpaired) electrons. The molecule has 0 aliphatic heterocycles. The average Bonchev–Trinajstić information content (AvgIpc) is 2.72. The fraction of sp³-hybridized carbons (Fsp3) is 0.0833. The van der Waals surface area contributed by atoms with E-state index in [4.69, 9.17) is 23.2 Å². The van der Waals surface area contributed by atoms with Crippen molar-refractivity contribution < 1.29 is 8.42 Å². The molecule has 0 N–H and O–H groups in total. The Morgan fingerprint density at radius 2 is 1.95 bits per heavy atom. The highest BCUT2D eigenvalue weighted by Crippen LogP contribution is 2.38. The summed E-state index contributed by atoms with van der Waals surface area (Å²) in [5, 5.41) is 11.7. The van der Waals surface area contributed by atoms with Gasteiger partial charge in [-0.2, -0.15) is 5.26 Å². The van der Waals surface area contributed by atoms with Gasteiger partial charge in [-0.05, 0) is 12.1 Å². The number of nitrogens with zero attached hydrogens (tertiary/aromatic N) is 1. The summed E-state index contributed by atoms with van der Waals surface area (Å²) in [5.41, 5.74) is 1.22. The minimum absolute atomic E-state index is 0.0519. The molecule has 2 aromatic rings. The van der Waals surface area contributed by atoms with E-state index in [1.165, 1.54) is 0 Å². The van der Waals surface area contributed by atoms with Crippen molar-refractivity contribution in [1.29, 1.82) is 5.26 Å². The zero-order chi connectivity index (χ0) is 14.2. The first kappa shape index (κ1) is 14.4. The molecule has 7 heteroatoms.